The van der Waals surface area contributed by atoms with Crippen LogP contribution in [0.25, 0.3) is 0 Å². The van der Waals surface area contributed by atoms with Crippen LogP contribution in [0.2, 0.25) is 0 Å². The maximum atomic E-state index is 13.4. The Balaban J connectivity index is 1.93. The van der Waals surface area contributed by atoms with Crippen LogP contribution in [0.4, 0.5) is 5.69 Å². The summed E-state index contributed by atoms with van der Waals surface area (Å²) in [6.07, 6.45) is 13.1. The minimum Gasteiger partial charge on any atom is -0.507 e. The SMILES string of the molecule is CCCCCCCCCCCCSC(C(=O)Nc1cc(C)c(O)c(C)c1C)c1ccc(OC)cc1. The summed E-state index contributed by atoms with van der Waals surface area (Å²) in [5, 5.41) is 13.1. The first kappa shape index (κ1) is 29.1. The molecule has 4 nitrogen and oxygen atoms in total. The van der Waals surface area contributed by atoms with Crippen LogP contribution in [0.15, 0.2) is 30.3 Å². The van der Waals surface area contributed by atoms with Gasteiger partial charge in [0.1, 0.15) is 16.7 Å². The minimum absolute atomic E-state index is 0.0279. The van der Waals surface area contributed by atoms with Crippen LogP contribution in [0.1, 0.15) is 98.6 Å². The predicted octanol–water partition coefficient (Wildman–Crippen LogP) is 8.66. The Hall–Kier alpha value is -2.14. The molecule has 2 N–H and O–H groups in total. The van der Waals surface area contributed by atoms with Crippen LogP contribution in [-0.4, -0.2) is 23.9 Å². The number of anilines is 1. The summed E-state index contributed by atoms with van der Waals surface area (Å²) < 4.78 is 5.30. The monoisotopic (exact) mass is 499 g/mol. The molecule has 2 rings (SSSR count). The number of benzene rings is 2. The maximum Gasteiger partial charge on any atom is 0.242 e. The standard InChI is InChI=1S/C30H45NO3S/c1-6-7-8-9-10-11-12-13-14-15-20-35-29(25-16-18-26(34-5)19-17-25)30(33)31-27-21-22(2)28(32)24(4)23(27)3/h16-19,21,29,32H,6-15,20H2,1-5H3,(H,31,33). The zero-order chi connectivity index (χ0) is 25.6. The van der Waals surface area contributed by atoms with Crippen molar-refractivity contribution in [1.29, 1.82) is 0 Å². The molecule has 0 spiro atoms. The van der Waals surface area contributed by atoms with Gasteiger partial charge in [0.25, 0.3) is 0 Å². The molecule has 0 saturated heterocycles. The van der Waals surface area contributed by atoms with E-state index in [0.717, 1.165) is 45.9 Å². The molecule has 0 saturated carbocycles. The molecule has 194 valence electrons. The van der Waals surface area contributed by atoms with Gasteiger partial charge in [-0.1, -0.05) is 76.8 Å². The molecular formula is C30H45NO3S. The third-order valence-electron chi connectivity index (χ3n) is 6.75. The van der Waals surface area contributed by atoms with Gasteiger partial charge < -0.3 is 15.2 Å². The average Bonchev–Trinajstić information content (AvgIpc) is 2.86. The fourth-order valence-corrected chi connectivity index (χ4v) is 5.46. The number of phenolic OH excluding ortho intramolecular Hbond substituents is 1. The number of hydrogen-bond donors (Lipinski definition) is 2. The van der Waals surface area contributed by atoms with Crippen LogP contribution in [-0.2, 0) is 4.79 Å². The molecule has 0 aliphatic rings. The smallest absolute Gasteiger partial charge is 0.242 e. The molecule has 1 atom stereocenters. The summed E-state index contributed by atoms with van der Waals surface area (Å²) in [6, 6.07) is 9.64. The zero-order valence-corrected chi connectivity index (χ0v) is 23.2. The number of nitrogens with one attached hydrogen (secondary N) is 1. The molecule has 0 aliphatic heterocycles. The number of carbonyl (C=O) groups is 1. The van der Waals surface area contributed by atoms with Crippen molar-refractivity contribution < 1.29 is 14.6 Å². The van der Waals surface area contributed by atoms with Crippen molar-refractivity contribution in [3.05, 3.63) is 52.6 Å². The van der Waals surface area contributed by atoms with E-state index in [1.165, 1.54) is 57.8 Å². The van der Waals surface area contributed by atoms with Crippen molar-refractivity contribution in [3.63, 3.8) is 0 Å². The molecule has 0 fully saturated rings. The average molecular weight is 500 g/mol. The van der Waals surface area contributed by atoms with Crippen LogP contribution in [0.3, 0.4) is 0 Å². The second-order valence-electron chi connectivity index (χ2n) is 9.53. The third kappa shape index (κ3) is 9.44. The number of ether oxygens (including phenoxy) is 1. The Morgan fingerprint density at radius 1 is 0.914 bits per heavy atom. The normalized spacial score (nSPS) is 11.9. The second-order valence-corrected chi connectivity index (χ2v) is 10.7. The van der Waals surface area contributed by atoms with E-state index in [2.05, 4.69) is 12.2 Å². The quantitative estimate of drug-likeness (QED) is 0.179. The fraction of sp³-hybridized carbons (Fsp3) is 0.567. The highest BCUT2D eigenvalue weighted by atomic mass is 32.2. The van der Waals surface area contributed by atoms with Gasteiger partial charge in [0, 0.05) is 5.69 Å². The number of methoxy groups -OCH3 is 1. The van der Waals surface area contributed by atoms with Crippen molar-refractivity contribution >= 4 is 23.4 Å². The lowest BCUT2D eigenvalue weighted by Gasteiger charge is -2.20. The van der Waals surface area contributed by atoms with E-state index in [1.807, 2.05) is 51.1 Å². The number of aromatic hydroxyl groups is 1. The Morgan fingerprint density at radius 2 is 1.49 bits per heavy atom. The number of rotatable bonds is 16. The molecule has 5 heteroatoms. The van der Waals surface area contributed by atoms with Crippen LogP contribution in [0, 0.1) is 20.8 Å². The van der Waals surface area contributed by atoms with Gasteiger partial charge in [-0.25, -0.2) is 0 Å². The Bertz CT molecular complexity index is 911. The van der Waals surface area contributed by atoms with Gasteiger partial charge in [-0.05, 0) is 73.4 Å². The molecule has 0 radical (unpaired) electrons. The summed E-state index contributed by atoms with van der Waals surface area (Å²) in [4.78, 5) is 13.4. The van der Waals surface area contributed by atoms with Gasteiger partial charge in [-0.2, -0.15) is 0 Å². The molecule has 2 aromatic carbocycles. The number of aryl methyl sites for hydroxylation is 1. The van der Waals surface area contributed by atoms with E-state index in [1.54, 1.807) is 18.9 Å². The van der Waals surface area contributed by atoms with Gasteiger partial charge in [0.15, 0.2) is 0 Å². The van der Waals surface area contributed by atoms with Crippen molar-refractivity contribution in [2.75, 3.05) is 18.2 Å². The van der Waals surface area contributed by atoms with Gasteiger partial charge in [0.05, 0.1) is 7.11 Å². The summed E-state index contributed by atoms with van der Waals surface area (Å²) >= 11 is 1.71. The minimum atomic E-state index is -0.298. The predicted molar refractivity (Wildman–Crippen MR) is 151 cm³/mol. The zero-order valence-electron chi connectivity index (χ0n) is 22.4. The highest BCUT2D eigenvalue weighted by Gasteiger charge is 2.23. The van der Waals surface area contributed by atoms with Gasteiger partial charge in [-0.3, -0.25) is 4.79 Å². The highest BCUT2D eigenvalue weighted by molar-refractivity contribution is 8.00. The number of thioether (sulfide) groups is 1. The highest BCUT2D eigenvalue weighted by Crippen LogP contribution is 2.35. The number of amides is 1. The first-order valence-electron chi connectivity index (χ1n) is 13.2. The molecule has 0 aliphatic carbocycles. The second kappa shape index (κ2) is 15.8. The number of carbonyl (C=O) groups excluding carboxylic acids is 1. The molecule has 0 aromatic heterocycles. The first-order chi connectivity index (χ1) is 16.9. The summed E-state index contributed by atoms with van der Waals surface area (Å²) in [5.41, 5.74) is 4.21. The number of hydrogen-bond acceptors (Lipinski definition) is 4. The molecule has 0 bridgehead atoms. The number of unbranched alkanes of at least 4 members (excludes halogenated alkanes) is 9. The Morgan fingerprint density at radius 3 is 2.06 bits per heavy atom. The largest absolute Gasteiger partial charge is 0.507 e. The van der Waals surface area contributed by atoms with Gasteiger partial charge in [0.2, 0.25) is 5.91 Å². The van der Waals surface area contributed by atoms with Gasteiger partial charge in [-0.15, -0.1) is 11.8 Å². The van der Waals surface area contributed by atoms with E-state index < -0.39 is 0 Å². The van der Waals surface area contributed by atoms with Crippen molar-refractivity contribution in [1.82, 2.24) is 0 Å². The molecule has 0 heterocycles. The third-order valence-corrected chi connectivity index (χ3v) is 8.10. The molecule has 1 unspecified atom stereocenters. The van der Waals surface area contributed by atoms with E-state index in [-0.39, 0.29) is 11.2 Å². The van der Waals surface area contributed by atoms with Crippen LogP contribution < -0.4 is 10.1 Å². The Labute approximate surface area is 217 Å². The van der Waals surface area contributed by atoms with E-state index >= 15 is 0 Å². The van der Waals surface area contributed by atoms with Crippen molar-refractivity contribution in [2.24, 2.45) is 0 Å². The van der Waals surface area contributed by atoms with E-state index in [4.69, 9.17) is 4.74 Å². The van der Waals surface area contributed by atoms with Crippen molar-refractivity contribution in [3.8, 4) is 11.5 Å². The van der Waals surface area contributed by atoms with Crippen LogP contribution in [0.5, 0.6) is 11.5 Å². The van der Waals surface area contributed by atoms with Crippen molar-refractivity contribution in [2.45, 2.75) is 97.2 Å². The summed E-state index contributed by atoms with van der Waals surface area (Å²) in [7, 11) is 1.65. The van der Waals surface area contributed by atoms with E-state index in [0.29, 0.717) is 5.75 Å². The first-order valence-corrected chi connectivity index (χ1v) is 14.3. The lowest BCUT2D eigenvalue weighted by atomic mass is 10.0. The summed E-state index contributed by atoms with van der Waals surface area (Å²) in [5.74, 6) is 2.00. The molecule has 35 heavy (non-hydrogen) atoms. The lowest BCUT2D eigenvalue weighted by Crippen LogP contribution is -2.20. The fourth-order valence-electron chi connectivity index (χ4n) is 4.29. The van der Waals surface area contributed by atoms with Gasteiger partial charge >= 0.3 is 0 Å². The summed E-state index contributed by atoms with van der Waals surface area (Å²) in [6.45, 7) is 7.94. The van der Waals surface area contributed by atoms with Crippen LogP contribution >= 0.6 is 11.8 Å². The topological polar surface area (TPSA) is 58.6 Å². The molecule has 2 aromatic rings. The number of phenols is 1. The molecular weight excluding hydrogens is 454 g/mol. The Kier molecular flexibility index (Phi) is 13.1. The lowest BCUT2D eigenvalue weighted by molar-refractivity contribution is -0.115. The van der Waals surface area contributed by atoms with E-state index in [9.17, 15) is 9.90 Å². The maximum absolute atomic E-state index is 13.4. The molecule has 1 amide bonds.